The zero-order valence-electron chi connectivity index (χ0n) is 9.49. The molecule has 2 rings (SSSR count). The minimum absolute atomic E-state index is 0.300. The van der Waals surface area contributed by atoms with Crippen LogP contribution >= 0.6 is 0 Å². The summed E-state index contributed by atoms with van der Waals surface area (Å²) in [6.07, 6.45) is 0. The van der Waals surface area contributed by atoms with Crippen molar-refractivity contribution in [1.29, 1.82) is 0 Å². The standard InChI is InChI=1S/C14H15AsO2/c16-15(17,11-13-7-3-1-4-8-13)12-14-9-5-2-6-10-14/h1-10H,11-12H2,(H,16,17). The van der Waals surface area contributed by atoms with Crippen LogP contribution in [0.25, 0.3) is 0 Å². The summed E-state index contributed by atoms with van der Waals surface area (Å²) in [6.45, 7) is 0. The summed E-state index contributed by atoms with van der Waals surface area (Å²) in [5, 5.41) is 0.599. The second-order valence-electron chi connectivity index (χ2n) is 4.13. The Bertz CT molecular complexity index is 463. The molecular formula is C14H15AsO2. The third-order valence-corrected chi connectivity index (χ3v) is 6.15. The fraction of sp³-hybridized carbons (Fsp3) is 0.143. The van der Waals surface area contributed by atoms with E-state index in [1.165, 1.54) is 0 Å². The first-order chi connectivity index (χ1) is 8.16. The van der Waals surface area contributed by atoms with Crippen LogP contribution in [0, 0.1) is 0 Å². The van der Waals surface area contributed by atoms with Crippen molar-refractivity contribution in [2.75, 3.05) is 0 Å². The Kier molecular flexibility index (Phi) is 3.88. The van der Waals surface area contributed by atoms with Gasteiger partial charge in [-0.2, -0.15) is 0 Å². The molecule has 2 aromatic rings. The molecule has 0 heterocycles. The molecule has 0 saturated heterocycles. The van der Waals surface area contributed by atoms with E-state index in [0.29, 0.717) is 10.4 Å². The van der Waals surface area contributed by atoms with Crippen LogP contribution in [-0.4, -0.2) is 17.9 Å². The Labute approximate surface area is 104 Å². The summed E-state index contributed by atoms with van der Waals surface area (Å²) in [7, 11) is 0. The molecule has 17 heavy (non-hydrogen) atoms. The molecule has 0 unspecified atom stereocenters. The van der Waals surface area contributed by atoms with E-state index < -0.39 is 13.8 Å². The number of hydrogen-bond acceptors (Lipinski definition) is 1. The molecule has 0 aliphatic rings. The van der Waals surface area contributed by atoms with E-state index in [2.05, 4.69) is 0 Å². The first kappa shape index (κ1) is 12.2. The number of rotatable bonds is 4. The van der Waals surface area contributed by atoms with Gasteiger partial charge >= 0.3 is 104 Å². The fourth-order valence-corrected chi connectivity index (χ4v) is 5.31. The Hall–Kier alpha value is -1.24. The van der Waals surface area contributed by atoms with Crippen molar-refractivity contribution in [3.8, 4) is 0 Å². The van der Waals surface area contributed by atoms with Crippen LogP contribution in [-0.2, 0) is 14.2 Å². The Morgan fingerprint density at radius 1 is 0.765 bits per heavy atom. The number of hydrogen-bond donors (Lipinski definition) is 1. The van der Waals surface area contributed by atoms with Crippen LogP contribution in [0.4, 0.5) is 0 Å². The summed E-state index contributed by atoms with van der Waals surface area (Å²) in [4.78, 5) is 0. The van der Waals surface area contributed by atoms with Crippen LogP contribution in [0.3, 0.4) is 0 Å². The molecule has 2 nitrogen and oxygen atoms in total. The zero-order chi connectivity index (χ0) is 12.1. The van der Waals surface area contributed by atoms with Crippen molar-refractivity contribution in [3.05, 3.63) is 71.8 Å². The van der Waals surface area contributed by atoms with Crippen LogP contribution in [0.15, 0.2) is 60.7 Å². The molecule has 1 N–H and O–H groups in total. The van der Waals surface area contributed by atoms with E-state index in [4.69, 9.17) is 0 Å². The molecule has 0 fully saturated rings. The second kappa shape index (κ2) is 5.39. The van der Waals surface area contributed by atoms with Gasteiger partial charge in [-0.25, -0.2) is 0 Å². The molecule has 0 amide bonds. The van der Waals surface area contributed by atoms with Crippen LogP contribution < -0.4 is 0 Å². The average Bonchev–Trinajstić information content (AvgIpc) is 2.30. The van der Waals surface area contributed by atoms with Crippen LogP contribution in [0.1, 0.15) is 11.1 Å². The molecule has 0 aliphatic heterocycles. The van der Waals surface area contributed by atoms with Gasteiger partial charge in [-0.1, -0.05) is 0 Å². The normalized spacial score (nSPS) is 11.4. The molecule has 0 spiro atoms. The summed E-state index contributed by atoms with van der Waals surface area (Å²) >= 11 is -3.79. The summed E-state index contributed by atoms with van der Waals surface area (Å²) in [5.41, 5.74) is 1.88. The van der Waals surface area contributed by atoms with E-state index in [1.54, 1.807) is 0 Å². The second-order valence-corrected chi connectivity index (χ2v) is 9.01. The van der Waals surface area contributed by atoms with Gasteiger partial charge in [0.1, 0.15) is 0 Å². The fourth-order valence-electron chi connectivity index (χ4n) is 1.79. The van der Waals surface area contributed by atoms with Gasteiger partial charge in [-0.05, 0) is 0 Å². The van der Waals surface area contributed by atoms with Gasteiger partial charge in [0.2, 0.25) is 0 Å². The van der Waals surface area contributed by atoms with Crippen molar-refractivity contribution < 1.29 is 7.84 Å². The van der Waals surface area contributed by atoms with Gasteiger partial charge in [0.15, 0.2) is 0 Å². The van der Waals surface area contributed by atoms with E-state index >= 15 is 0 Å². The Morgan fingerprint density at radius 2 is 1.12 bits per heavy atom. The van der Waals surface area contributed by atoms with Crippen molar-refractivity contribution in [1.82, 2.24) is 0 Å². The first-order valence-electron chi connectivity index (χ1n) is 5.54. The molecule has 0 aromatic heterocycles. The third-order valence-electron chi connectivity index (χ3n) is 2.54. The maximum absolute atomic E-state index is 12.2. The van der Waals surface area contributed by atoms with Gasteiger partial charge in [0.25, 0.3) is 0 Å². The molecule has 0 saturated carbocycles. The molecule has 2 aromatic carbocycles. The average molecular weight is 290 g/mol. The first-order valence-corrected chi connectivity index (χ1v) is 9.80. The van der Waals surface area contributed by atoms with E-state index in [1.807, 2.05) is 60.7 Å². The van der Waals surface area contributed by atoms with Crippen LogP contribution in [0.2, 0.25) is 0 Å². The van der Waals surface area contributed by atoms with Gasteiger partial charge in [0.05, 0.1) is 0 Å². The van der Waals surface area contributed by atoms with Crippen molar-refractivity contribution in [2.45, 2.75) is 10.4 Å². The molecule has 0 bridgehead atoms. The Balaban J connectivity index is 2.07. The van der Waals surface area contributed by atoms with Gasteiger partial charge in [0, 0.05) is 0 Å². The molecule has 0 atom stereocenters. The van der Waals surface area contributed by atoms with E-state index in [0.717, 1.165) is 11.1 Å². The van der Waals surface area contributed by atoms with Gasteiger partial charge in [-0.3, -0.25) is 0 Å². The van der Waals surface area contributed by atoms with Gasteiger partial charge < -0.3 is 0 Å². The van der Waals surface area contributed by atoms with E-state index in [-0.39, 0.29) is 0 Å². The maximum atomic E-state index is 12.2. The van der Waals surface area contributed by atoms with Crippen LogP contribution in [0.5, 0.6) is 0 Å². The molecule has 3 heteroatoms. The monoisotopic (exact) mass is 290 g/mol. The molecule has 0 radical (unpaired) electrons. The summed E-state index contributed by atoms with van der Waals surface area (Å²) in [6, 6.07) is 19.0. The van der Waals surface area contributed by atoms with Crippen molar-refractivity contribution >= 4 is 13.8 Å². The summed E-state index contributed by atoms with van der Waals surface area (Å²) < 4.78 is 22.2. The van der Waals surface area contributed by atoms with Crippen molar-refractivity contribution in [3.63, 3.8) is 0 Å². The predicted octanol–water partition coefficient (Wildman–Crippen LogP) is 2.42. The number of benzene rings is 2. The molecular weight excluding hydrogens is 275 g/mol. The predicted molar refractivity (Wildman–Crippen MR) is 69.0 cm³/mol. The molecule has 88 valence electrons. The summed E-state index contributed by atoms with van der Waals surface area (Å²) in [5.74, 6) is 0. The van der Waals surface area contributed by atoms with Gasteiger partial charge in [-0.15, -0.1) is 0 Å². The quantitative estimate of drug-likeness (QED) is 0.878. The minimum atomic E-state index is -3.79. The van der Waals surface area contributed by atoms with Crippen molar-refractivity contribution in [2.24, 2.45) is 0 Å². The molecule has 0 aliphatic carbocycles. The topological polar surface area (TPSA) is 37.3 Å². The Morgan fingerprint density at radius 3 is 1.47 bits per heavy atom. The van der Waals surface area contributed by atoms with E-state index in [9.17, 15) is 7.84 Å². The third kappa shape index (κ3) is 3.92. The zero-order valence-corrected chi connectivity index (χ0v) is 11.4. The SMILES string of the molecule is O=[As](O)(Cc1ccccc1)Cc1ccccc1.